The lowest BCUT2D eigenvalue weighted by molar-refractivity contribution is -0.116. The molecule has 0 saturated heterocycles. The Morgan fingerprint density at radius 2 is 1.67 bits per heavy atom. The van der Waals surface area contributed by atoms with Crippen LogP contribution in [-0.2, 0) is 9.59 Å². The quantitative estimate of drug-likeness (QED) is 0.739. The molecule has 0 aromatic heterocycles. The molecule has 0 aliphatic rings. The minimum absolute atomic E-state index is 0.00991. The number of hydrogen-bond donors (Lipinski definition) is 2. The van der Waals surface area contributed by atoms with Crippen molar-refractivity contribution >= 4 is 29.3 Å². The van der Waals surface area contributed by atoms with E-state index >= 15 is 0 Å². The van der Waals surface area contributed by atoms with Crippen LogP contribution in [0.1, 0.15) is 31.7 Å². The maximum Gasteiger partial charge on any atom is 0.248 e. The number of rotatable bonds is 7. The zero-order valence-corrected chi connectivity index (χ0v) is 13.8. The summed E-state index contributed by atoms with van der Waals surface area (Å²) < 4.78 is 0. The zero-order valence-electron chi connectivity index (χ0n) is 13.8. The molecule has 0 aliphatic heterocycles. The second-order valence-electron chi connectivity index (χ2n) is 5.47. The summed E-state index contributed by atoms with van der Waals surface area (Å²) in [5, 5.41) is 5.63. The molecule has 2 N–H and O–H groups in total. The van der Waals surface area contributed by atoms with Crippen LogP contribution in [0.15, 0.2) is 60.7 Å². The van der Waals surface area contributed by atoms with Crippen molar-refractivity contribution in [1.29, 1.82) is 0 Å². The van der Waals surface area contributed by atoms with E-state index < -0.39 is 0 Å². The van der Waals surface area contributed by atoms with Crippen LogP contribution in [0.2, 0.25) is 0 Å². The topological polar surface area (TPSA) is 58.2 Å². The zero-order chi connectivity index (χ0) is 17.2. The Labute approximate surface area is 142 Å². The summed E-state index contributed by atoms with van der Waals surface area (Å²) >= 11 is 0. The van der Waals surface area contributed by atoms with Crippen molar-refractivity contribution in [2.45, 2.75) is 26.2 Å². The van der Waals surface area contributed by atoms with Gasteiger partial charge in [-0.2, -0.15) is 0 Å². The van der Waals surface area contributed by atoms with E-state index in [9.17, 15) is 9.59 Å². The molecule has 0 bridgehead atoms. The third kappa shape index (κ3) is 6.08. The van der Waals surface area contributed by atoms with Gasteiger partial charge < -0.3 is 10.6 Å². The maximum absolute atomic E-state index is 12.0. The van der Waals surface area contributed by atoms with Crippen LogP contribution in [0, 0.1) is 0 Å². The molecule has 0 saturated carbocycles. The molecule has 2 rings (SSSR count). The number of hydrogen-bond acceptors (Lipinski definition) is 2. The molecular formula is C20H22N2O2. The van der Waals surface area contributed by atoms with Gasteiger partial charge in [-0.05, 0) is 36.3 Å². The first-order valence-corrected chi connectivity index (χ1v) is 8.11. The number of nitrogens with one attached hydrogen (secondary N) is 2. The lowest BCUT2D eigenvalue weighted by atomic mass is 10.2. The van der Waals surface area contributed by atoms with Gasteiger partial charge in [0.15, 0.2) is 0 Å². The van der Waals surface area contributed by atoms with Gasteiger partial charge in [0.25, 0.3) is 0 Å². The van der Waals surface area contributed by atoms with Gasteiger partial charge in [0.1, 0.15) is 0 Å². The summed E-state index contributed by atoms with van der Waals surface area (Å²) in [5.41, 5.74) is 2.29. The number of amides is 2. The molecule has 0 radical (unpaired) electrons. The summed E-state index contributed by atoms with van der Waals surface area (Å²) in [7, 11) is 0. The molecule has 0 aliphatic carbocycles. The molecule has 24 heavy (non-hydrogen) atoms. The first kappa shape index (κ1) is 17.5. The third-order valence-electron chi connectivity index (χ3n) is 3.40. The third-order valence-corrected chi connectivity index (χ3v) is 3.40. The first-order valence-electron chi connectivity index (χ1n) is 8.11. The lowest BCUT2D eigenvalue weighted by Gasteiger charge is -2.07. The van der Waals surface area contributed by atoms with Crippen LogP contribution in [0.25, 0.3) is 6.08 Å². The van der Waals surface area contributed by atoms with Gasteiger partial charge in [-0.15, -0.1) is 0 Å². The van der Waals surface area contributed by atoms with Gasteiger partial charge >= 0.3 is 0 Å². The molecule has 0 unspecified atom stereocenters. The van der Waals surface area contributed by atoms with Crippen molar-refractivity contribution in [1.82, 2.24) is 0 Å². The summed E-state index contributed by atoms with van der Waals surface area (Å²) in [6.07, 6.45) is 5.60. The highest BCUT2D eigenvalue weighted by molar-refractivity contribution is 6.02. The molecule has 124 valence electrons. The summed E-state index contributed by atoms with van der Waals surface area (Å²) in [6, 6.07) is 16.8. The number of unbranched alkanes of at least 4 members (excludes halogenated alkanes) is 1. The Morgan fingerprint density at radius 3 is 2.38 bits per heavy atom. The monoisotopic (exact) mass is 322 g/mol. The number of carbonyl (C=O) groups excluding carboxylic acids is 2. The second kappa shape index (κ2) is 9.30. The Bertz CT molecular complexity index is 709. The van der Waals surface area contributed by atoms with E-state index in [1.54, 1.807) is 30.3 Å². The number of benzene rings is 2. The molecule has 0 atom stereocenters. The minimum atomic E-state index is -0.215. The van der Waals surface area contributed by atoms with Gasteiger partial charge in [-0.3, -0.25) is 9.59 Å². The number of carbonyl (C=O) groups is 2. The van der Waals surface area contributed by atoms with E-state index in [1.165, 1.54) is 6.08 Å². The highest BCUT2D eigenvalue weighted by Crippen LogP contribution is 2.16. The standard InChI is InChI=1S/C20H22N2O2/c1-2-3-12-19(23)21-17-10-7-11-18(15-17)22-20(24)14-13-16-8-5-4-6-9-16/h4-11,13-15H,2-3,12H2,1H3,(H,21,23)(H,22,24). The normalized spacial score (nSPS) is 10.5. The van der Waals surface area contributed by atoms with Crippen molar-refractivity contribution in [3.8, 4) is 0 Å². The van der Waals surface area contributed by atoms with Crippen molar-refractivity contribution in [3.63, 3.8) is 0 Å². The van der Waals surface area contributed by atoms with E-state index in [0.717, 1.165) is 18.4 Å². The molecule has 2 amide bonds. The van der Waals surface area contributed by atoms with Gasteiger partial charge in [0.05, 0.1) is 0 Å². The summed E-state index contributed by atoms with van der Waals surface area (Å²) in [5.74, 6) is -0.224. The van der Waals surface area contributed by atoms with E-state index in [0.29, 0.717) is 17.8 Å². The van der Waals surface area contributed by atoms with Gasteiger partial charge in [0.2, 0.25) is 11.8 Å². The second-order valence-corrected chi connectivity index (χ2v) is 5.47. The van der Waals surface area contributed by atoms with Crippen molar-refractivity contribution in [2.75, 3.05) is 10.6 Å². The average Bonchev–Trinajstić information content (AvgIpc) is 2.59. The van der Waals surface area contributed by atoms with Gasteiger partial charge in [0, 0.05) is 23.9 Å². The van der Waals surface area contributed by atoms with E-state index in [4.69, 9.17) is 0 Å². The number of anilines is 2. The smallest absolute Gasteiger partial charge is 0.248 e. The van der Waals surface area contributed by atoms with Gasteiger partial charge in [-0.25, -0.2) is 0 Å². The Morgan fingerprint density at radius 1 is 0.958 bits per heavy atom. The SMILES string of the molecule is CCCCC(=O)Nc1cccc(NC(=O)C=Cc2ccccc2)c1. The first-order chi connectivity index (χ1) is 11.7. The van der Waals surface area contributed by atoms with Crippen LogP contribution in [0.5, 0.6) is 0 Å². The van der Waals surface area contributed by atoms with Gasteiger partial charge in [-0.1, -0.05) is 49.7 Å². The highest BCUT2D eigenvalue weighted by atomic mass is 16.2. The van der Waals surface area contributed by atoms with Crippen LogP contribution < -0.4 is 10.6 Å². The van der Waals surface area contributed by atoms with Crippen LogP contribution in [0.3, 0.4) is 0 Å². The summed E-state index contributed by atoms with van der Waals surface area (Å²) in [4.78, 5) is 23.7. The Hall–Kier alpha value is -2.88. The lowest BCUT2D eigenvalue weighted by Crippen LogP contribution is -2.12. The summed E-state index contributed by atoms with van der Waals surface area (Å²) in [6.45, 7) is 2.05. The maximum atomic E-state index is 12.0. The predicted molar refractivity (Wildman–Crippen MR) is 98.7 cm³/mol. The largest absolute Gasteiger partial charge is 0.326 e. The van der Waals surface area contributed by atoms with Crippen molar-refractivity contribution in [2.24, 2.45) is 0 Å². The Balaban J connectivity index is 1.92. The van der Waals surface area contributed by atoms with Crippen LogP contribution in [0.4, 0.5) is 11.4 Å². The predicted octanol–water partition coefficient (Wildman–Crippen LogP) is 4.47. The molecular weight excluding hydrogens is 300 g/mol. The van der Waals surface area contributed by atoms with Crippen molar-refractivity contribution < 1.29 is 9.59 Å². The van der Waals surface area contributed by atoms with E-state index in [1.807, 2.05) is 37.3 Å². The highest BCUT2D eigenvalue weighted by Gasteiger charge is 2.03. The molecule has 0 fully saturated rings. The molecule has 0 spiro atoms. The molecule has 0 heterocycles. The molecule has 2 aromatic rings. The Kier molecular flexibility index (Phi) is 6.77. The fourth-order valence-electron chi connectivity index (χ4n) is 2.16. The molecule has 2 aromatic carbocycles. The van der Waals surface area contributed by atoms with Crippen LogP contribution >= 0.6 is 0 Å². The molecule has 4 nitrogen and oxygen atoms in total. The van der Waals surface area contributed by atoms with E-state index in [-0.39, 0.29) is 11.8 Å². The van der Waals surface area contributed by atoms with E-state index in [2.05, 4.69) is 10.6 Å². The van der Waals surface area contributed by atoms with Crippen LogP contribution in [-0.4, -0.2) is 11.8 Å². The molecule has 4 heteroatoms. The minimum Gasteiger partial charge on any atom is -0.326 e. The average molecular weight is 322 g/mol. The fraction of sp³-hybridized carbons (Fsp3) is 0.200. The fourth-order valence-corrected chi connectivity index (χ4v) is 2.16. The van der Waals surface area contributed by atoms with Crippen molar-refractivity contribution in [3.05, 3.63) is 66.2 Å².